The number of ether oxygens (including phenoxy) is 1. The van der Waals surface area contributed by atoms with Gasteiger partial charge >= 0.3 is 0 Å². The van der Waals surface area contributed by atoms with Gasteiger partial charge in [-0.15, -0.1) is 0 Å². The van der Waals surface area contributed by atoms with Gasteiger partial charge in [-0.05, 0) is 23.6 Å². The van der Waals surface area contributed by atoms with Gasteiger partial charge < -0.3 is 9.94 Å². The highest BCUT2D eigenvalue weighted by molar-refractivity contribution is 6.35. The smallest absolute Gasteiger partial charge is 0.138 e. The van der Waals surface area contributed by atoms with Crippen molar-refractivity contribution in [3.63, 3.8) is 0 Å². The Morgan fingerprint density at radius 1 is 1.35 bits per heavy atom. The first-order chi connectivity index (χ1) is 7.84. The van der Waals surface area contributed by atoms with Gasteiger partial charge in [0.2, 0.25) is 0 Å². The summed E-state index contributed by atoms with van der Waals surface area (Å²) in [6, 6.07) is 4.86. The molecule has 0 fully saturated rings. The monoisotopic (exact) mass is 277 g/mol. The van der Waals surface area contributed by atoms with E-state index in [0.717, 1.165) is 0 Å². The van der Waals surface area contributed by atoms with E-state index in [-0.39, 0.29) is 11.5 Å². The molecule has 5 heteroatoms. The second-order valence-corrected chi connectivity index (χ2v) is 5.78. The molecule has 0 aliphatic carbocycles. The number of benzene rings is 1. The largest absolute Gasteiger partial charge is 0.490 e. The van der Waals surface area contributed by atoms with Gasteiger partial charge in [0.15, 0.2) is 0 Å². The second kappa shape index (κ2) is 5.91. The SMILES string of the molecule is CC(C)(C)C(COc1ccc(Cl)cc1Cl)NO. The van der Waals surface area contributed by atoms with Crippen LogP contribution < -0.4 is 10.2 Å². The maximum Gasteiger partial charge on any atom is 0.138 e. The molecular formula is C12H17Cl2NO2. The van der Waals surface area contributed by atoms with Crippen molar-refractivity contribution in [1.82, 2.24) is 5.48 Å². The Balaban J connectivity index is 2.66. The molecule has 1 aromatic carbocycles. The van der Waals surface area contributed by atoms with Crippen LogP contribution in [0.5, 0.6) is 5.75 Å². The summed E-state index contributed by atoms with van der Waals surface area (Å²) in [4.78, 5) is 0. The number of nitrogens with one attached hydrogen (secondary N) is 1. The maximum atomic E-state index is 9.07. The molecule has 96 valence electrons. The first-order valence-electron chi connectivity index (χ1n) is 5.32. The Labute approximate surface area is 112 Å². The predicted octanol–water partition coefficient (Wildman–Crippen LogP) is 3.77. The number of rotatable bonds is 4. The molecular weight excluding hydrogens is 261 g/mol. The van der Waals surface area contributed by atoms with Crippen molar-refractivity contribution in [2.75, 3.05) is 6.61 Å². The molecule has 1 rings (SSSR count). The van der Waals surface area contributed by atoms with Crippen molar-refractivity contribution in [2.24, 2.45) is 5.41 Å². The summed E-state index contributed by atoms with van der Waals surface area (Å²) in [5, 5.41) is 10.1. The molecule has 1 unspecified atom stereocenters. The van der Waals surface area contributed by atoms with Crippen LogP contribution in [0.25, 0.3) is 0 Å². The highest BCUT2D eigenvalue weighted by Crippen LogP contribution is 2.28. The molecule has 0 heterocycles. The summed E-state index contributed by atoms with van der Waals surface area (Å²) in [6.45, 7) is 6.34. The van der Waals surface area contributed by atoms with E-state index in [9.17, 15) is 0 Å². The third-order valence-corrected chi connectivity index (χ3v) is 3.03. The Morgan fingerprint density at radius 3 is 2.47 bits per heavy atom. The van der Waals surface area contributed by atoms with E-state index in [1.54, 1.807) is 18.2 Å². The Kier molecular flexibility index (Phi) is 5.07. The third kappa shape index (κ3) is 4.36. The van der Waals surface area contributed by atoms with E-state index < -0.39 is 0 Å². The topological polar surface area (TPSA) is 41.5 Å². The third-order valence-electron chi connectivity index (χ3n) is 2.50. The van der Waals surface area contributed by atoms with Crippen molar-refractivity contribution in [3.8, 4) is 5.75 Å². The maximum absolute atomic E-state index is 9.07. The number of hydrogen-bond acceptors (Lipinski definition) is 3. The Hall–Kier alpha value is -0.480. The zero-order valence-corrected chi connectivity index (χ0v) is 11.6. The van der Waals surface area contributed by atoms with Crippen molar-refractivity contribution < 1.29 is 9.94 Å². The molecule has 1 atom stereocenters. The molecule has 0 amide bonds. The minimum atomic E-state index is -0.186. The zero-order valence-electron chi connectivity index (χ0n) is 10.1. The normalized spacial score (nSPS) is 13.5. The zero-order chi connectivity index (χ0) is 13.1. The van der Waals surface area contributed by atoms with Gasteiger partial charge in [-0.1, -0.05) is 44.0 Å². The molecule has 0 saturated heterocycles. The van der Waals surface area contributed by atoms with E-state index in [0.29, 0.717) is 22.4 Å². The lowest BCUT2D eigenvalue weighted by Crippen LogP contribution is -2.43. The fraction of sp³-hybridized carbons (Fsp3) is 0.500. The molecule has 17 heavy (non-hydrogen) atoms. The summed E-state index contributed by atoms with van der Waals surface area (Å²) < 4.78 is 5.56. The minimum absolute atomic E-state index is 0.117. The highest BCUT2D eigenvalue weighted by atomic mass is 35.5. The van der Waals surface area contributed by atoms with Crippen LogP contribution in [0, 0.1) is 5.41 Å². The van der Waals surface area contributed by atoms with E-state index >= 15 is 0 Å². The standard InChI is InChI=1S/C12H17Cl2NO2/c1-12(2,3)11(15-16)7-17-10-5-4-8(13)6-9(10)14/h4-6,11,15-16H,7H2,1-3H3. The fourth-order valence-corrected chi connectivity index (χ4v) is 1.71. The summed E-state index contributed by atoms with van der Waals surface area (Å²) in [5.41, 5.74) is 2.13. The first-order valence-corrected chi connectivity index (χ1v) is 6.07. The van der Waals surface area contributed by atoms with Crippen LogP contribution in [0.15, 0.2) is 18.2 Å². The van der Waals surface area contributed by atoms with Gasteiger partial charge in [0.1, 0.15) is 12.4 Å². The molecule has 0 spiro atoms. The first kappa shape index (κ1) is 14.6. The second-order valence-electron chi connectivity index (χ2n) is 4.93. The van der Waals surface area contributed by atoms with Crippen molar-refractivity contribution in [2.45, 2.75) is 26.8 Å². The lowest BCUT2D eigenvalue weighted by molar-refractivity contribution is 0.0441. The summed E-state index contributed by atoms with van der Waals surface area (Å²) in [7, 11) is 0. The van der Waals surface area contributed by atoms with Crippen LogP contribution in [0.4, 0.5) is 0 Å². The van der Waals surface area contributed by atoms with E-state index in [1.807, 2.05) is 20.8 Å². The number of hydroxylamine groups is 1. The van der Waals surface area contributed by atoms with Crippen LogP contribution in [-0.4, -0.2) is 17.9 Å². The quantitative estimate of drug-likeness (QED) is 0.824. The van der Waals surface area contributed by atoms with E-state index in [1.165, 1.54) is 0 Å². The van der Waals surface area contributed by atoms with Gasteiger partial charge in [0, 0.05) is 5.02 Å². The van der Waals surface area contributed by atoms with E-state index in [2.05, 4.69) is 5.48 Å². The van der Waals surface area contributed by atoms with Crippen molar-refractivity contribution >= 4 is 23.2 Å². The predicted molar refractivity (Wildman–Crippen MR) is 70.1 cm³/mol. The molecule has 2 N–H and O–H groups in total. The highest BCUT2D eigenvalue weighted by Gasteiger charge is 2.24. The van der Waals surface area contributed by atoms with Gasteiger partial charge in [-0.3, -0.25) is 0 Å². The van der Waals surface area contributed by atoms with Gasteiger partial charge in [-0.2, -0.15) is 5.48 Å². The molecule has 1 aromatic rings. The average molecular weight is 278 g/mol. The molecule has 0 aliphatic rings. The van der Waals surface area contributed by atoms with Crippen LogP contribution >= 0.6 is 23.2 Å². The molecule has 0 bridgehead atoms. The van der Waals surface area contributed by atoms with Gasteiger partial charge in [0.25, 0.3) is 0 Å². The van der Waals surface area contributed by atoms with E-state index in [4.69, 9.17) is 33.1 Å². The average Bonchev–Trinajstić information content (AvgIpc) is 2.19. The van der Waals surface area contributed by atoms with Crippen molar-refractivity contribution in [1.29, 1.82) is 0 Å². The summed E-state index contributed by atoms with van der Waals surface area (Å²) in [6.07, 6.45) is 0. The summed E-state index contributed by atoms with van der Waals surface area (Å²) in [5.74, 6) is 0.556. The van der Waals surface area contributed by atoms with Crippen molar-refractivity contribution in [3.05, 3.63) is 28.2 Å². The van der Waals surface area contributed by atoms with Gasteiger partial charge in [0.05, 0.1) is 11.1 Å². The van der Waals surface area contributed by atoms with Gasteiger partial charge in [-0.25, -0.2) is 0 Å². The van der Waals surface area contributed by atoms with Crippen LogP contribution in [0.1, 0.15) is 20.8 Å². The summed E-state index contributed by atoms with van der Waals surface area (Å²) >= 11 is 11.8. The van der Waals surface area contributed by atoms with Crippen LogP contribution in [0.2, 0.25) is 10.0 Å². The Bertz CT molecular complexity index is 377. The fourth-order valence-electron chi connectivity index (χ4n) is 1.25. The Morgan fingerprint density at radius 2 is 2.00 bits per heavy atom. The number of halogens is 2. The lowest BCUT2D eigenvalue weighted by Gasteiger charge is -2.29. The lowest BCUT2D eigenvalue weighted by atomic mass is 9.88. The molecule has 0 saturated carbocycles. The van der Waals surface area contributed by atoms with Crippen LogP contribution in [-0.2, 0) is 0 Å². The van der Waals surface area contributed by atoms with Crippen LogP contribution in [0.3, 0.4) is 0 Å². The molecule has 0 radical (unpaired) electrons. The molecule has 3 nitrogen and oxygen atoms in total. The molecule has 0 aliphatic heterocycles. The molecule has 0 aromatic heterocycles. The number of hydrogen-bond donors (Lipinski definition) is 2. The minimum Gasteiger partial charge on any atom is -0.490 e.